The number of sulfonamides is 1. The highest BCUT2D eigenvalue weighted by atomic mass is 32.2. The van der Waals surface area contributed by atoms with Crippen molar-refractivity contribution >= 4 is 39.6 Å². The summed E-state index contributed by atoms with van der Waals surface area (Å²) in [4.78, 5) is 70.0. The number of carbonyl (C=O) groups excluding carboxylic acids is 5. The van der Waals surface area contributed by atoms with Gasteiger partial charge in [-0.15, -0.1) is 0 Å². The third kappa shape index (κ3) is 7.55. The number of urea groups is 1. The van der Waals surface area contributed by atoms with E-state index in [9.17, 15) is 32.4 Å². The zero-order valence-corrected chi connectivity index (χ0v) is 30.7. The number of rotatable bonds is 6. The maximum atomic E-state index is 14.4. The molecule has 15 heteroatoms. The number of amides is 5. The zero-order chi connectivity index (χ0) is 35.8. The molecule has 0 unspecified atom stereocenters. The van der Waals surface area contributed by atoms with Gasteiger partial charge in [0.2, 0.25) is 27.6 Å². The van der Waals surface area contributed by atoms with Crippen LogP contribution in [0.1, 0.15) is 104 Å². The summed E-state index contributed by atoms with van der Waals surface area (Å²) in [7, 11) is -2.04. The van der Waals surface area contributed by atoms with E-state index < -0.39 is 68.5 Å². The van der Waals surface area contributed by atoms with Crippen molar-refractivity contribution < 1.29 is 37.1 Å². The fourth-order valence-electron chi connectivity index (χ4n) is 9.12. The molecule has 14 nitrogen and oxygen atoms in total. The molecular formula is C35H56N6O8S. The van der Waals surface area contributed by atoms with Crippen LogP contribution in [0.2, 0.25) is 0 Å². The molecule has 3 saturated carbocycles. The molecule has 0 aromatic heterocycles. The smallest absolute Gasteiger partial charge is 0.315 e. The Balaban J connectivity index is 1.22. The number of carbonyl (C=O) groups is 5. The van der Waals surface area contributed by atoms with Crippen LogP contribution in [-0.4, -0.2) is 115 Å². The summed E-state index contributed by atoms with van der Waals surface area (Å²) < 4.78 is 34.0. The summed E-state index contributed by atoms with van der Waals surface area (Å²) in [6.45, 7) is 5.11. The maximum absolute atomic E-state index is 14.4. The minimum Gasteiger partial charge on any atom is -0.379 e. The van der Waals surface area contributed by atoms with Crippen molar-refractivity contribution in [2.45, 2.75) is 139 Å². The highest BCUT2D eigenvalue weighted by molar-refractivity contribution is 7.90. The van der Waals surface area contributed by atoms with Crippen LogP contribution in [-0.2, 0) is 33.9 Å². The third-order valence-corrected chi connectivity index (χ3v) is 14.9. The predicted octanol–water partition coefficient (Wildman–Crippen LogP) is 1.58. The van der Waals surface area contributed by atoms with Crippen LogP contribution < -0.4 is 21.3 Å². The first-order valence-corrected chi connectivity index (χ1v) is 20.3. The van der Waals surface area contributed by atoms with Crippen molar-refractivity contribution in [2.24, 2.45) is 17.3 Å². The fraction of sp³-hybridized carbons (Fsp3) is 0.857. The maximum Gasteiger partial charge on any atom is 0.315 e. The lowest BCUT2D eigenvalue weighted by molar-refractivity contribution is -0.144. The molecule has 0 aromatic carbocycles. The average molecular weight is 721 g/mol. The van der Waals surface area contributed by atoms with E-state index in [1.807, 2.05) is 0 Å². The second kappa shape index (κ2) is 14.7. The summed E-state index contributed by atoms with van der Waals surface area (Å²) in [5.41, 5.74) is -1.16. The molecule has 50 heavy (non-hydrogen) atoms. The summed E-state index contributed by atoms with van der Waals surface area (Å²) in [5.74, 6) is -2.37. The highest BCUT2D eigenvalue weighted by Gasteiger charge is 2.69. The van der Waals surface area contributed by atoms with Crippen LogP contribution in [0.5, 0.6) is 0 Å². The predicted molar refractivity (Wildman–Crippen MR) is 184 cm³/mol. The topological polar surface area (TPSA) is 183 Å². The Morgan fingerprint density at radius 2 is 1.58 bits per heavy atom. The molecular weight excluding hydrogens is 664 g/mol. The number of Topliss-reactive ketones (excluding diaryl/α,β-unsaturated/α-hetero) is 1. The van der Waals surface area contributed by atoms with E-state index in [1.165, 1.54) is 9.21 Å². The molecule has 3 aliphatic heterocycles. The van der Waals surface area contributed by atoms with Gasteiger partial charge >= 0.3 is 6.03 Å². The lowest BCUT2D eigenvalue weighted by Crippen LogP contribution is -2.64. The van der Waals surface area contributed by atoms with Crippen molar-refractivity contribution in [1.82, 2.24) is 30.5 Å². The summed E-state index contributed by atoms with van der Waals surface area (Å²) in [6.07, 6.45) is 9.98. The van der Waals surface area contributed by atoms with Crippen LogP contribution in [0.3, 0.4) is 0 Å². The lowest BCUT2D eigenvalue weighted by Gasteiger charge is -2.42. The molecule has 3 aliphatic carbocycles. The average Bonchev–Trinajstić information content (AvgIpc) is 3.88. The van der Waals surface area contributed by atoms with E-state index in [1.54, 1.807) is 7.05 Å². The normalized spacial score (nSPS) is 34.5. The third-order valence-electron chi connectivity index (χ3n) is 12.4. The minimum atomic E-state index is -3.60. The van der Waals surface area contributed by atoms with Gasteiger partial charge in [-0.2, -0.15) is 0 Å². The number of ketones is 1. The number of ether oxygens (including phenoxy) is 1. The second-order valence-corrected chi connectivity index (χ2v) is 18.4. The largest absolute Gasteiger partial charge is 0.379 e. The standard InChI is InChI=1S/C35H56N6O8S/c1-34(2)23-20-41-28(27(23)34)30(43)37-24(29(42)31(44)36-22-13-14-22)12-8-5-4-6-11-19-49-21-25(32(41)45)38-33(46)39-35(16-9-7-10-17-35)26-15-18-40(3)50(26,47)48/h22-28H,4-21H2,1-3H3,(H,36,44)(H,37,43)(H2,38,39,46)/t23-,24-,25-,26-,27-,28-/m0/s1. The second-order valence-electron chi connectivity index (χ2n) is 16.2. The molecule has 6 rings (SSSR count). The molecule has 3 heterocycles. The monoisotopic (exact) mass is 720 g/mol. The number of nitrogens with one attached hydrogen (secondary N) is 4. The molecule has 6 atom stereocenters. The summed E-state index contributed by atoms with van der Waals surface area (Å²) in [6, 6.07) is -3.62. The van der Waals surface area contributed by atoms with Crippen LogP contribution in [0, 0.1) is 17.3 Å². The number of hydrogen-bond acceptors (Lipinski definition) is 8. The molecule has 280 valence electrons. The molecule has 3 saturated heterocycles. The number of piperidine rings is 1. The Labute approximate surface area is 296 Å². The Kier molecular flexibility index (Phi) is 10.9. The molecule has 4 N–H and O–H groups in total. The Hall–Kier alpha value is -2.78. The van der Waals surface area contributed by atoms with Crippen molar-refractivity contribution in [3.8, 4) is 0 Å². The molecule has 0 spiro atoms. The van der Waals surface area contributed by atoms with Gasteiger partial charge in [-0.05, 0) is 62.2 Å². The van der Waals surface area contributed by atoms with E-state index in [-0.39, 0.29) is 29.9 Å². The molecule has 0 bridgehead atoms. The SMILES string of the molecule is CN1CC[C@@H](C2(NC(=O)N[C@H]3COCCCCCCC[C@@H](C(=O)C(=O)NC4CC4)NC(=O)[C@@H]4[C@@H]5[C@H](CN4C3=O)C5(C)C)CCCCC2)S1(=O)=O. The van der Waals surface area contributed by atoms with Gasteiger partial charge in [-0.1, -0.05) is 58.8 Å². The first-order chi connectivity index (χ1) is 23.8. The number of fused-ring (bicyclic) bond motifs is 3. The van der Waals surface area contributed by atoms with Gasteiger partial charge in [0.05, 0.1) is 23.4 Å². The highest BCUT2D eigenvalue weighted by Crippen LogP contribution is 2.65. The zero-order valence-electron chi connectivity index (χ0n) is 29.8. The van der Waals surface area contributed by atoms with Gasteiger partial charge in [-0.3, -0.25) is 19.2 Å². The Morgan fingerprint density at radius 1 is 0.900 bits per heavy atom. The van der Waals surface area contributed by atoms with Gasteiger partial charge in [0.15, 0.2) is 0 Å². The molecule has 0 radical (unpaired) electrons. The molecule has 6 fully saturated rings. The molecule has 0 aromatic rings. The van der Waals surface area contributed by atoms with Crippen LogP contribution in [0.15, 0.2) is 0 Å². The van der Waals surface area contributed by atoms with Gasteiger partial charge < -0.3 is 30.9 Å². The fourth-order valence-corrected chi connectivity index (χ4v) is 11.2. The Morgan fingerprint density at radius 3 is 2.26 bits per heavy atom. The van der Waals surface area contributed by atoms with Gasteiger partial charge in [0.25, 0.3) is 5.91 Å². The van der Waals surface area contributed by atoms with Crippen LogP contribution in [0.4, 0.5) is 4.79 Å². The van der Waals surface area contributed by atoms with E-state index in [2.05, 4.69) is 35.1 Å². The van der Waals surface area contributed by atoms with Crippen molar-refractivity contribution in [2.75, 3.05) is 33.4 Å². The van der Waals surface area contributed by atoms with Crippen LogP contribution in [0.25, 0.3) is 0 Å². The Bertz CT molecular complexity index is 1440. The summed E-state index contributed by atoms with van der Waals surface area (Å²) in [5, 5.41) is 10.8. The van der Waals surface area contributed by atoms with E-state index >= 15 is 0 Å². The molecule has 5 amide bonds. The number of hydrogen-bond donors (Lipinski definition) is 4. The number of nitrogens with zero attached hydrogens (tertiary/aromatic N) is 2. The minimum absolute atomic E-state index is 0.00469. The van der Waals surface area contributed by atoms with Crippen molar-refractivity contribution in [3.05, 3.63) is 0 Å². The van der Waals surface area contributed by atoms with E-state index in [0.29, 0.717) is 51.8 Å². The van der Waals surface area contributed by atoms with Crippen LogP contribution >= 0.6 is 0 Å². The quantitative estimate of drug-likeness (QED) is 0.298. The van der Waals surface area contributed by atoms with E-state index in [4.69, 9.17) is 4.74 Å². The first kappa shape index (κ1) is 37.0. The van der Waals surface area contributed by atoms with Gasteiger partial charge in [-0.25, -0.2) is 17.5 Å². The summed E-state index contributed by atoms with van der Waals surface area (Å²) >= 11 is 0. The lowest BCUT2D eigenvalue weighted by atomic mass is 9.78. The molecule has 6 aliphatic rings. The van der Waals surface area contributed by atoms with Gasteiger partial charge in [0, 0.05) is 32.8 Å². The van der Waals surface area contributed by atoms with Crippen molar-refractivity contribution in [1.29, 1.82) is 0 Å². The van der Waals surface area contributed by atoms with Gasteiger partial charge in [0.1, 0.15) is 12.1 Å². The van der Waals surface area contributed by atoms with Crippen molar-refractivity contribution in [3.63, 3.8) is 0 Å². The van der Waals surface area contributed by atoms with E-state index in [0.717, 1.165) is 57.8 Å². The first-order valence-electron chi connectivity index (χ1n) is 18.8.